The summed E-state index contributed by atoms with van der Waals surface area (Å²) >= 11 is 0. The molecule has 148 valence electrons. The fourth-order valence-electron chi connectivity index (χ4n) is 2.75. The Morgan fingerprint density at radius 2 is 1.89 bits per heavy atom. The average molecular weight is 393 g/mol. The van der Waals surface area contributed by atoms with Crippen LogP contribution in [-0.4, -0.2) is 38.9 Å². The van der Waals surface area contributed by atoms with Crippen LogP contribution in [0.15, 0.2) is 50.8 Å². The predicted molar refractivity (Wildman–Crippen MR) is 107 cm³/mol. The van der Waals surface area contributed by atoms with Gasteiger partial charge in [0.2, 0.25) is 0 Å². The van der Waals surface area contributed by atoms with Gasteiger partial charge in [0.05, 0.1) is 22.9 Å². The van der Waals surface area contributed by atoms with Gasteiger partial charge in [0.25, 0.3) is 0 Å². The Balaban J connectivity index is 1.83. The van der Waals surface area contributed by atoms with Crippen molar-refractivity contribution in [3.63, 3.8) is 0 Å². The van der Waals surface area contributed by atoms with Crippen LogP contribution in [0.25, 0.3) is 0 Å². The third-order valence-electron chi connectivity index (χ3n) is 4.40. The Bertz CT molecular complexity index is 828. The molecule has 0 aliphatic heterocycles. The molecule has 0 aliphatic rings. The monoisotopic (exact) mass is 392 g/mol. The topological polar surface area (TPSA) is 96.6 Å². The molecule has 0 saturated carbocycles. The quantitative estimate of drug-likeness (QED) is 0.503. The zero-order chi connectivity index (χ0) is 19.7. The zero-order valence-electron chi connectivity index (χ0n) is 16.1. The number of rotatable bonds is 9. The van der Waals surface area contributed by atoms with E-state index in [2.05, 4.69) is 34.6 Å². The highest BCUT2D eigenvalue weighted by molar-refractivity contribution is 7.91. The highest BCUT2D eigenvalue weighted by Gasteiger charge is 2.15. The lowest BCUT2D eigenvalue weighted by molar-refractivity contribution is 0.368. The number of nitrogens with zero attached hydrogens (tertiary/aromatic N) is 2. The van der Waals surface area contributed by atoms with Crippen LogP contribution in [-0.2, 0) is 16.4 Å². The first-order chi connectivity index (χ1) is 13.0. The largest absolute Gasteiger partial charge is 0.359 e. The van der Waals surface area contributed by atoms with Gasteiger partial charge >= 0.3 is 0 Å². The van der Waals surface area contributed by atoms with Crippen LogP contribution in [0, 0.1) is 0 Å². The van der Waals surface area contributed by atoms with Crippen molar-refractivity contribution in [1.82, 2.24) is 15.8 Å². The molecule has 2 N–H and O–H groups in total. The van der Waals surface area contributed by atoms with Crippen LogP contribution >= 0.6 is 0 Å². The summed E-state index contributed by atoms with van der Waals surface area (Å²) in [5.74, 6) is 1.62. The van der Waals surface area contributed by atoms with Crippen molar-refractivity contribution in [3.05, 3.63) is 47.9 Å². The number of nitrogens with one attached hydrogen (secondary N) is 2. The molecule has 0 saturated heterocycles. The maximum absolute atomic E-state index is 12.3. The van der Waals surface area contributed by atoms with E-state index in [-0.39, 0.29) is 12.3 Å². The molecule has 2 rings (SSSR count). The van der Waals surface area contributed by atoms with E-state index in [0.717, 1.165) is 24.3 Å². The van der Waals surface area contributed by atoms with E-state index in [1.165, 1.54) is 0 Å². The maximum Gasteiger partial charge on any atom is 0.191 e. The summed E-state index contributed by atoms with van der Waals surface area (Å²) in [6.07, 6.45) is 2.05. The summed E-state index contributed by atoms with van der Waals surface area (Å²) in [4.78, 5) is 4.43. The first kappa shape index (κ1) is 21.0. The van der Waals surface area contributed by atoms with Crippen molar-refractivity contribution in [2.24, 2.45) is 4.99 Å². The molecule has 7 nitrogen and oxygen atoms in total. The summed E-state index contributed by atoms with van der Waals surface area (Å²) in [5, 5.41) is 10.3. The van der Waals surface area contributed by atoms with Crippen molar-refractivity contribution >= 4 is 15.8 Å². The first-order valence-corrected chi connectivity index (χ1v) is 10.8. The maximum atomic E-state index is 12.3. The van der Waals surface area contributed by atoms with Gasteiger partial charge in [-0.2, -0.15) is 0 Å². The van der Waals surface area contributed by atoms with Gasteiger partial charge in [0.1, 0.15) is 0 Å². The lowest BCUT2D eigenvalue weighted by Gasteiger charge is -2.11. The second kappa shape index (κ2) is 10.1. The highest BCUT2D eigenvalue weighted by Crippen LogP contribution is 2.22. The molecule has 1 heterocycles. The minimum absolute atomic E-state index is 0.0150. The molecule has 1 aromatic heterocycles. The van der Waals surface area contributed by atoms with Crippen molar-refractivity contribution in [3.8, 4) is 0 Å². The van der Waals surface area contributed by atoms with Crippen molar-refractivity contribution in [2.75, 3.05) is 19.3 Å². The molecule has 0 unspecified atom stereocenters. The number of sulfone groups is 1. The fraction of sp³-hybridized carbons (Fsp3) is 0.474. The van der Waals surface area contributed by atoms with Gasteiger partial charge in [-0.15, -0.1) is 0 Å². The van der Waals surface area contributed by atoms with Gasteiger partial charge in [-0.1, -0.05) is 37.2 Å². The second-order valence-corrected chi connectivity index (χ2v) is 8.33. The summed E-state index contributed by atoms with van der Waals surface area (Å²) in [6.45, 7) is 4.95. The third-order valence-corrected chi connectivity index (χ3v) is 6.13. The Kier molecular flexibility index (Phi) is 7.84. The third kappa shape index (κ3) is 6.09. The molecule has 0 radical (unpaired) electrons. The molecule has 27 heavy (non-hydrogen) atoms. The summed E-state index contributed by atoms with van der Waals surface area (Å²) in [6, 6.07) is 10.4. The van der Waals surface area contributed by atoms with Crippen LogP contribution in [0.1, 0.15) is 44.1 Å². The molecule has 0 aliphatic carbocycles. The Hall–Kier alpha value is -2.35. The minimum atomic E-state index is -3.32. The summed E-state index contributed by atoms with van der Waals surface area (Å²) in [7, 11) is -1.68. The minimum Gasteiger partial charge on any atom is -0.359 e. The normalized spacial score (nSPS) is 12.4. The lowest BCUT2D eigenvalue weighted by Crippen LogP contribution is -2.39. The molecule has 8 heteroatoms. The van der Waals surface area contributed by atoms with E-state index < -0.39 is 9.84 Å². The van der Waals surface area contributed by atoms with E-state index in [1.807, 2.05) is 6.07 Å². The van der Waals surface area contributed by atoms with Crippen LogP contribution < -0.4 is 10.6 Å². The lowest BCUT2D eigenvalue weighted by atomic mass is 9.99. The van der Waals surface area contributed by atoms with Gasteiger partial charge in [-0.3, -0.25) is 4.99 Å². The average Bonchev–Trinajstić information content (AvgIpc) is 3.15. The number of benzene rings is 1. The zero-order valence-corrected chi connectivity index (χ0v) is 16.9. The molecule has 0 bridgehead atoms. The molecular formula is C19H28N4O3S. The van der Waals surface area contributed by atoms with Crippen molar-refractivity contribution < 1.29 is 12.9 Å². The van der Waals surface area contributed by atoms with Gasteiger partial charge in [-0.25, -0.2) is 8.42 Å². The predicted octanol–water partition coefficient (Wildman–Crippen LogP) is 2.72. The van der Waals surface area contributed by atoms with E-state index in [1.54, 1.807) is 37.4 Å². The number of guanidine groups is 1. The molecule has 1 aromatic carbocycles. The molecule has 0 amide bonds. The first-order valence-electron chi connectivity index (χ1n) is 9.18. The molecular weight excluding hydrogens is 364 g/mol. The highest BCUT2D eigenvalue weighted by atomic mass is 32.2. The molecule has 0 atom stereocenters. The van der Waals surface area contributed by atoms with Crippen LogP contribution in [0.4, 0.5) is 0 Å². The molecule has 0 fully saturated rings. The van der Waals surface area contributed by atoms with E-state index in [4.69, 9.17) is 4.52 Å². The van der Waals surface area contributed by atoms with E-state index in [9.17, 15) is 8.42 Å². The standard InChI is InChI=1S/C19H28N4O3S/c1-4-15(5-2)18-13-16(26-23-18)14-22-19(20-3)21-11-12-27(24,25)17-9-7-6-8-10-17/h6-10,13,15H,4-5,11-12,14H2,1-3H3,(H2,20,21,22). The second-order valence-electron chi connectivity index (χ2n) is 6.22. The van der Waals surface area contributed by atoms with Gasteiger partial charge in [0.15, 0.2) is 21.6 Å². The molecule has 2 aromatic rings. The van der Waals surface area contributed by atoms with Crippen molar-refractivity contribution in [2.45, 2.75) is 44.0 Å². The number of aliphatic imine (C=N–C) groups is 1. The van der Waals surface area contributed by atoms with Gasteiger partial charge < -0.3 is 15.2 Å². The van der Waals surface area contributed by atoms with Crippen LogP contribution in [0.5, 0.6) is 0 Å². The van der Waals surface area contributed by atoms with E-state index >= 15 is 0 Å². The van der Waals surface area contributed by atoms with Crippen LogP contribution in [0.2, 0.25) is 0 Å². The fourth-order valence-corrected chi connectivity index (χ4v) is 3.93. The number of hydrogen-bond acceptors (Lipinski definition) is 5. The van der Waals surface area contributed by atoms with E-state index in [0.29, 0.717) is 23.3 Å². The van der Waals surface area contributed by atoms with Gasteiger partial charge in [-0.05, 0) is 25.0 Å². The summed E-state index contributed by atoms with van der Waals surface area (Å²) < 4.78 is 29.9. The van der Waals surface area contributed by atoms with Crippen molar-refractivity contribution in [1.29, 1.82) is 0 Å². The Labute approximate surface area is 161 Å². The van der Waals surface area contributed by atoms with Gasteiger partial charge in [0, 0.05) is 25.6 Å². The number of aromatic nitrogens is 1. The number of hydrogen-bond donors (Lipinski definition) is 2. The Morgan fingerprint density at radius 1 is 1.19 bits per heavy atom. The smallest absolute Gasteiger partial charge is 0.191 e. The summed E-state index contributed by atoms with van der Waals surface area (Å²) in [5.41, 5.74) is 0.966. The Morgan fingerprint density at radius 3 is 2.52 bits per heavy atom. The SMILES string of the molecule is CCC(CC)c1cc(CNC(=NC)NCCS(=O)(=O)c2ccccc2)on1. The molecule has 0 spiro atoms. The van der Waals surface area contributed by atoms with Crippen LogP contribution in [0.3, 0.4) is 0 Å².